The van der Waals surface area contributed by atoms with Crippen LogP contribution in [0.15, 0.2) is 40.5 Å². The van der Waals surface area contributed by atoms with Crippen molar-refractivity contribution in [2.24, 2.45) is 10.9 Å². The molecule has 1 fully saturated rings. The number of hydrogen-bond acceptors (Lipinski definition) is 7. The first-order valence-corrected chi connectivity index (χ1v) is 8.92. The summed E-state index contributed by atoms with van der Waals surface area (Å²) in [5, 5.41) is 2.76. The molecule has 0 aliphatic carbocycles. The number of barbiturate groups is 1. The summed E-state index contributed by atoms with van der Waals surface area (Å²) in [5.41, 5.74) is 0.319. The van der Waals surface area contributed by atoms with Crippen molar-refractivity contribution in [3.8, 4) is 5.75 Å². The number of nitrogens with zero attached hydrogens (tertiary/aromatic N) is 4. The molecule has 152 valence electrons. The number of urea groups is 1. The topological polar surface area (TPSA) is 112 Å². The number of halogens is 2. The summed E-state index contributed by atoms with van der Waals surface area (Å²) in [4.78, 5) is 53.9. The van der Waals surface area contributed by atoms with Gasteiger partial charge in [-0.1, -0.05) is 11.6 Å². The Morgan fingerprint density at radius 3 is 2.24 bits per heavy atom. The highest BCUT2D eigenvalue weighted by atomic mass is 35.5. The third kappa shape index (κ3) is 4.03. The molecule has 2 aliphatic heterocycles. The van der Waals surface area contributed by atoms with Crippen molar-refractivity contribution in [1.82, 2.24) is 14.2 Å². The zero-order valence-corrected chi connectivity index (χ0v) is 16.7. The summed E-state index contributed by atoms with van der Waals surface area (Å²) in [5.74, 6) is -3.87. The quantitative estimate of drug-likeness (QED) is 0.562. The van der Waals surface area contributed by atoms with Gasteiger partial charge in [-0.2, -0.15) is 0 Å². The zero-order chi connectivity index (χ0) is 21.3. The van der Waals surface area contributed by atoms with E-state index in [1.165, 1.54) is 38.8 Å². The van der Waals surface area contributed by atoms with E-state index >= 15 is 0 Å². The Morgan fingerprint density at radius 1 is 1.10 bits per heavy atom. The van der Waals surface area contributed by atoms with Crippen LogP contribution in [-0.2, 0) is 14.4 Å². The van der Waals surface area contributed by atoms with Gasteiger partial charge in [0.2, 0.25) is 12.1 Å². The third-order valence-electron chi connectivity index (χ3n) is 4.20. The summed E-state index contributed by atoms with van der Waals surface area (Å²) < 4.78 is 6.82. The molecule has 0 bridgehead atoms. The Morgan fingerprint density at radius 2 is 1.69 bits per heavy atom. The van der Waals surface area contributed by atoms with Crippen molar-refractivity contribution in [2.45, 2.75) is 6.23 Å². The van der Waals surface area contributed by atoms with Gasteiger partial charge in [-0.25, -0.2) is 14.2 Å². The van der Waals surface area contributed by atoms with Crippen LogP contribution < -0.4 is 10.1 Å². The minimum Gasteiger partial charge on any atom is -0.464 e. The van der Waals surface area contributed by atoms with E-state index in [9.17, 15) is 19.2 Å². The lowest BCUT2D eigenvalue weighted by atomic mass is 10.0. The summed E-state index contributed by atoms with van der Waals surface area (Å²) in [6.45, 7) is 0. The molecule has 3 rings (SSSR count). The van der Waals surface area contributed by atoms with Crippen LogP contribution in [0.3, 0.4) is 0 Å². The number of carbonyl (C=O) groups is 4. The third-order valence-corrected chi connectivity index (χ3v) is 4.74. The molecule has 1 unspecified atom stereocenters. The van der Waals surface area contributed by atoms with Gasteiger partial charge in [-0.3, -0.25) is 24.2 Å². The maximum Gasteiger partial charge on any atom is 0.332 e. The molecule has 0 radical (unpaired) electrons. The number of anilines is 1. The van der Waals surface area contributed by atoms with Gasteiger partial charge in [0, 0.05) is 37.8 Å². The predicted molar refractivity (Wildman–Crippen MR) is 104 cm³/mol. The number of benzene rings is 1. The Bertz CT molecular complexity index is 909. The smallest absolute Gasteiger partial charge is 0.332 e. The van der Waals surface area contributed by atoms with Crippen LogP contribution >= 0.6 is 23.4 Å². The van der Waals surface area contributed by atoms with Crippen molar-refractivity contribution < 1.29 is 23.9 Å². The summed E-state index contributed by atoms with van der Waals surface area (Å²) in [6, 6.07) is 5.32. The summed E-state index contributed by atoms with van der Waals surface area (Å²) in [6.07, 6.45) is 1.97. The standard InChI is InChI=1S/C17H15Cl2N5O5/c1-22-14(26)12(15(27)23(2)17(22)28)13(25)21-9-3-5-10(6-4-9)29-16-11(18)7-20-8-24(16)19/h3-8,12,16H,1-2H3,(H,21,25). The molecule has 1 saturated heterocycles. The lowest BCUT2D eigenvalue weighted by molar-refractivity contribution is -0.151. The molecule has 0 saturated carbocycles. The fourth-order valence-electron chi connectivity index (χ4n) is 2.61. The first-order valence-electron chi connectivity index (χ1n) is 8.20. The number of aliphatic imine (C=N–C) groups is 1. The van der Waals surface area contributed by atoms with Gasteiger partial charge in [0.1, 0.15) is 12.1 Å². The normalized spacial score (nSPS) is 20.1. The van der Waals surface area contributed by atoms with Gasteiger partial charge < -0.3 is 10.1 Å². The van der Waals surface area contributed by atoms with Crippen LogP contribution in [0.4, 0.5) is 10.5 Å². The average Bonchev–Trinajstić information content (AvgIpc) is 2.69. The average molecular weight is 440 g/mol. The van der Waals surface area contributed by atoms with Gasteiger partial charge in [0.05, 0.1) is 5.03 Å². The van der Waals surface area contributed by atoms with Gasteiger partial charge >= 0.3 is 6.03 Å². The second kappa shape index (κ2) is 8.10. The van der Waals surface area contributed by atoms with E-state index in [1.54, 1.807) is 12.1 Å². The molecule has 1 aromatic rings. The van der Waals surface area contributed by atoms with Gasteiger partial charge in [0.25, 0.3) is 11.8 Å². The van der Waals surface area contributed by atoms with Crippen molar-refractivity contribution in [3.63, 3.8) is 0 Å². The highest BCUT2D eigenvalue weighted by Crippen LogP contribution is 2.25. The molecule has 1 atom stereocenters. The van der Waals surface area contributed by atoms with Crippen LogP contribution in [0.2, 0.25) is 0 Å². The largest absolute Gasteiger partial charge is 0.464 e. The fourth-order valence-corrected chi connectivity index (χ4v) is 3.06. The number of amides is 5. The first-order chi connectivity index (χ1) is 13.7. The second-order valence-electron chi connectivity index (χ2n) is 6.12. The molecular weight excluding hydrogens is 425 g/mol. The molecule has 10 nitrogen and oxygen atoms in total. The van der Waals surface area contributed by atoms with Crippen LogP contribution in [0, 0.1) is 5.92 Å². The molecule has 29 heavy (non-hydrogen) atoms. The Labute approximate surface area is 175 Å². The van der Waals surface area contributed by atoms with Crippen molar-refractivity contribution >= 4 is 59.2 Å². The first kappa shape index (κ1) is 20.6. The molecule has 1 N–H and O–H groups in total. The van der Waals surface area contributed by atoms with Gasteiger partial charge in [-0.15, -0.1) is 0 Å². The lowest BCUT2D eigenvalue weighted by Gasteiger charge is -2.32. The summed E-state index contributed by atoms with van der Waals surface area (Å²) in [7, 11) is 2.41. The molecule has 1 aromatic carbocycles. The van der Waals surface area contributed by atoms with Gasteiger partial charge in [-0.05, 0) is 24.3 Å². The van der Waals surface area contributed by atoms with E-state index in [0.29, 0.717) is 11.4 Å². The number of ether oxygens (including phenoxy) is 1. The van der Waals surface area contributed by atoms with E-state index in [-0.39, 0.29) is 5.03 Å². The molecule has 0 aromatic heterocycles. The zero-order valence-electron chi connectivity index (χ0n) is 15.2. The number of rotatable bonds is 4. The minimum absolute atomic E-state index is 0.275. The predicted octanol–water partition coefficient (Wildman–Crippen LogP) is 1.57. The molecule has 5 amide bonds. The number of nitrogens with one attached hydrogen (secondary N) is 1. The summed E-state index contributed by atoms with van der Waals surface area (Å²) >= 11 is 12.0. The molecular formula is C17H15Cl2N5O5. The number of carbonyl (C=O) groups excluding carboxylic acids is 4. The maximum atomic E-state index is 12.5. The monoisotopic (exact) mass is 439 g/mol. The molecule has 12 heteroatoms. The van der Waals surface area contributed by atoms with Crippen molar-refractivity contribution in [3.05, 3.63) is 35.5 Å². The van der Waals surface area contributed by atoms with E-state index in [1.807, 2.05) is 0 Å². The lowest BCUT2D eigenvalue weighted by Crippen LogP contribution is -2.59. The Kier molecular flexibility index (Phi) is 5.76. The van der Waals surface area contributed by atoms with Gasteiger partial charge in [0.15, 0.2) is 5.92 Å². The second-order valence-corrected chi connectivity index (χ2v) is 6.94. The number of imide groups is 2. The van der Waals surface area contributed by atoms with Crippen LogP contribution in [-0.4, -0.2) is 64.6 Å². The number of hydrogen-bond donors (Lipinski definition) is 1. The Hall–Kier alpha value is -3.11. The van der Waals surface area contributed by atoms with E-state index in [2.05, 4.69) is 10.3 Å². The Balaban J connectivity index is 1.68. The minimum atomic E-state index is -1.64. The van der Waals surface area contributed by atoms with Crippen LogP contribution in [0.1, 0.15) is 0 Å². The van der Waals surface area contributed by atoms with E-state index < -0.39 is 35.9 Å². The molecule has 2 aliphatic rings. The van der Waals surface area contributed by atoms with Crippen molar-refractivity contribution in [1.29, 1.82) is 0 Å². The highest BCUT2D eigenvalue weighted by molar-refractivity contribution is 6.31. The van der Waals surface area contributed by atoms with Crippen LogP contribution in [0.25, 0.3) is 0 Å². The highest BCUT2D eigenvalue weighted by Gasteiger charge is 2.46. The van der Waals surface area contributed by atoms with E-state index in [0.717, 1.165) is 14.2 Å². The maximum absolute atomic E-state index is 12.5. The molecule has 2 heterocycles. The van der Waals surface area contributed by atoms with E-state index in [4.69, 9.17) is 28.1 Å². The molecule has 0 spiro atoms. The van der Waals surface area contributed by atoms with Crippen molar-refractivity contribution in [2.75, 3.05) is 19.4 Å². The SMILES string of the molecule is CN1C(=O)C(C(=O)Nc2ccc(OC3C(Cl)=CN=CN3Cl)cc2)C(=O)N(C)C1=O. The fraction of sp³-hybridized carbons (Fsp3) is 0.235. The van der Waals surface area contributed by atoms with Crippen LogP contribution in [0.5, 0.6) is 5.75 Å².